The van der Waals surface area contributed by atoms with Crippen LogP contribution in [0.3, 0.4) is 0 Å². The fraction of sp³-hybridized carbons (Fsp3) is 0.350. The Bertz CT molecular complexity index is 544. The molecule has 0 aliphatic rings. The number of benzene rings is 2. The van der Waals surface area contributed by atoms with Gasteiger partial charge in [-0.2, -0.15) is 0 Å². The van der Waals surface area contributed by atoms with Crippen molar-refractivity contribution in [2.45, 2.75) is 31.6 Å². The first-order chi connectivity index (χ1) is 11.2. The molecule has 0 radical (unpaired) electrons. The van der Waals surface area contributed by atoms with Gasteiger partial charge in [0.05, 0.1) is 5.92 Å². The van der Waals surface area contributed by atoms with Gasteiger partial charge in [-0.25, -0.2) is 0 Å². The summed E-state index contributed by atoms with van der Waals surface area (Å²) in [5, 5.41) is 9.80. The van der Waals surface area contributed by atoms with Crippen LogP contribution in [0.5, 0.6) is 0 Å². The van der Waals surface area contributed by atoms with Gasteiger partial charge in [-0.3, -0.25) is 4.79 Å². The molecule has 2 aromatic carbocycles. The van der Waals surface area contributed by atoms with Crippen molar-refractivity contribution in [2.24, 2.45) is 11.7 Å². The zero-order valence-corrected chi connectivity index (χ0v) is 13.4. The first kappa shape index (κ1) is 17.2. The molecule has 0 spiro atoms. The molecule has 122 valence electrons. The Morgan fingerprint density at radius 1 is 0.870 bits per heavy atom. The van der Waals surface area contributed by atoms with Gasteiger partial charge in [0.1, 0.15) is 0 Å². The third kappa shape index (κ3) is 4.93. The second kappa shape index (κ2) is 9.11. The van der Waals surface area contributed by atoms with Gasteiger partial charge in [0.15, 0.2) is 0 Å². The Morgan fingerprint density at radius 3 is 1.83 bits per heavy atom. The SMILES string of the molecule is NCCCCCC(C(=O)O)C(c1ccccc1)c1ccccc1. The Hall–Kier alpha value is -2.13. The summed E-state index contributed by atoms with van der Waals surface area (Å²) < 4.78 is 0. The fourth-order valence-electron chi connectivity index (χ4n) is 3.10. The van der Waals surface area contributed by atoms with Gasteiger partial charge >= 0.3 is 5.97 Å². The highest BCUT2D eigenvalue weighted by molar-refractivity contribution is 5.72. The molecule has 0 amide bonds. The van der Waals surface area contributed by atoms with Crippen molar-refractivity contribution in [3.05, 3.63) is 71.8 Å². The largest absolute Gasteiger partial charge is 0.481 e. The van der Waals surface area contributed by atoms with E-state index in [9.17, 15) is 9.90 Å². The van der Waals surface area contributed by atoms with Gasteiger partial charge in [-0.05, 0) is 30.5 Å². The van der Waals surface area contributed by atoms with Crippen LogP contribution in [0.2, 0.25) is 0 Å². The molecule has 0 saturated carbocycles. The minimum atomic E-state index is -0.726. The van der Waals surface area contributed by atoms with E-state index in [4.69, 9.17) is 5.73 Å². The lowest BCUT2D eigenvalue weighted by molar-refractivity contribution is -0.142. The highest BCUT2D eigenvalue weighted by Gasteiger charge is 2.30. The number of nitrogens with two attached hydrogens (primary N) is 1. The molecule has 2 rings (SSSR count). The van der Waals surface area contributed by atoms with E-state index in [0.717, 1.165) is 30.4 Å². The molecule has 23 heavy (non-hydrogen) atoms. The molecule has 3 nitrogen and oxygen atoms in total. The number of hydrogen-bond donors (Lipinski definition) is 2. The molecule has 1 unspecified atom stereocenters. The lowest BCUT2D eigenvalue weighted by Crippen LogP contribution is -2.23. The Labute approximate surface area is 138 Å². The summed E-state index contributed by atoms with van der Waals surface area (Å²) in [6, 6.07) is 19.9. The second-order valence-electron chi connectivity index (χ2n) is 5.88. The van der Waals surface area contributed by atoms with Crippen LogP contribution in [0, 0.1) is 5.92 Å². The summed E-state index contributed by atoms with van der Waals surface area (Å²) in [6.45, 7) is 0.665. The van der Waals surface area contributed by atoms with Gasteiger partial charge in [0, 0.05) is 5.92 Å². The van der Waals surface area contributed by atoms with Crippen LogP contribution < -0.4 is 5.73 Å². The first-order valence-corrected chi connectivity index (χ1v) is 8.26. The van der Waals surface area contributed by atoms with Gasteiger partial charge in [-0.15, -0.1) is 0 Å². The monoisotopic (exact) mass is 311 g/mol. The fourth-order valence-corrected chi connectivity index (χ4v) is 3.10. The molecule has 3 heteroatoms. The first-order valence-electron chi connectivity index (χ1n) is 8.26. The minimum absolute atomic E-state index is 0.118. The van der Waals surface area contributed by atoms with Gasteiger partial charge in [0.25, 0.3) is 0 Å². The molecule has 0 aliphatic heterocycles. The van der Waals surface area contributed by atoms with Crippen molar-refractivity contribution in [2.75, 3.05) is 6.54 Å². The van der Waals surface area contributed by atoms with Gasteiger partial charge < -0.3 is 10.8 Å². The summed E-state index contributed by atoms with van der Waals surface area (Å²) in [7, 11) is 0. The van der Waals surface area contributed by atoms with Crippen LogP contribution in [-0.2, 0) is 4.79 Å². The molecule has 0 bridgehead atoms. The van der Waals surface area contributed by atoms with Crippen molar-refractivity contribution in [3.63, 3.8) is 0 Å². The van der Waals surface area contributed by atoms with Crippen LogP contribution in [0.1, 0.15) is 42.7 Å². The van der Waals surface area contributed by atoms with Crippen molar-refractivity contribution in [3.8, 4) is 0 Å². The maximum atomic E-state index is 11.9. The molecule has 3 N–H and O–H groups in total. The quantitative estimate of drug-likeness (QED) is 0.687. The van der Waals surface area contributed by atoms with Crippen molar-refractivity contribution >= 4 is 5.97 Å². The lowest BCUT2D eigenvalue weighted by Gasteiger charge is -2.25. The third-order valence-electron chi connectivity index (χ3n) is 4.26. The summed E-state index contributed by atoms with van der Waals surface area (Å²) in [6.07, 6.45) is 3.50. The number of carbonyl (C=O) groups is 1. The van der Waals surface area contributed by atoms with E-state index in [0.29, 0.717) is 13.0 Å². The van der Waals surface area contributed by atoms with Crippen molar-refractivity contribution in [1.82, 2.24) is 0 Å². The zero-order valence-electron chi connectivity index (χ0n) is 13.4. The summed E-state index contributed by atoms with van der Waals surface area (Å²) in [5.41, 5.74) is 7.65. The van der Waals surface area contributed by atoms with Crippen LogP contribution in [0.25, 0.3) is 0 Å². The zero-order chi connectivity index (χ0) is 16.5. The normalized spacial score (nSPS) is 12.3. The number of hydrogen-bond acceptors (Lipinski definition) is 2. The summed E-state index contributed by atoms with van der Waals surface area (Å²) in [4.78, 5) is 11.9. The third-order valence-corrected chi connectivity index (χ3v) is 4.26. The summed E-state index contributed by atoms with van der Waals surface area (Å²) in [5.74, 6) is -1.26. The van der Waals surface area contributed by atoms with Crippen LogP contribution in [0.15, 0.2) is 60.7 Å². The van der Waals surface area contributed by atoms with E-state index >= 15 is 0 Å². The molecule has 0 aromatic heterocycles. The molecule has 0 heterocycles. The van der Waals surface area contributed by atoms with Crippen molar-refractivity contribution in [1.29, 1.82) is 0 Å². The van der Waals surface area contributed by atoms with E-state index in [1.54, 1.807) is 0 Å². The Balaban J connectivity index is 2.28. The average molecular weight is 311 g/mol. The highest BCUT2D eigenvalue weighted by Crippen LogP contribution is 2.35. The number of aliphatic carboxylic acids is 1. The number of rotatable bonds is 9. The van der Waals surface area contributed by atoms with Gasteiger partial charge in [0.2, 0.25) is 0 Å². The van der Waals surface area contributed by atoms with E-state index in [2.05, 4.69) is 0 Å². The molecule has 1 atom stereocenters. The predicted molar refractivity (Wildman–Crippen MR) is 93.4 cm³/mol. The van der Waals surface area contributed by atoms with Crippen LogP contribution in [0.4, 0.5) is 0 Å². The molecule has 2 aromatic rings. The Morgan fingerprint density at radius 2 is 1.39 bits per heavy atom. The lowest BCUT2D eigenvalue weighted by atomic mass is 9.78. The number of unbranched alkanes of at least 4 members (excludes halogenated alkanes) is 2. The molecule has 0 aliphatic carbocycles. The topological polar surface area (TPSA) is 63.3 Å². The average Bonchev–Trinajstić information content (AvgIpc) is 2.59. The van der Waals surface area contributed by atoms with E-state index in [1.165, 1.54) is 0 Å². The van der Waals surface area contributed by atoms with E-state index in [1.807, 2.05) is 60.7 Å². The molecule has 0 saturated heterocycles. The van der Waals surface area contributed by atoms with Crippen molar-refractivity contribution < 1.29 is 9.90 Å². The maximum absolute atomic E-state index is 11.9. The minimum Gasteiger partial charge on any atom is -0.481 e. The molecular weight excluding hydrogens is 286 g/mol. The maximum Gasteiger partial charge on any atom is 0.307 e. The van der Waals surface area contributed by atoms with Crippen LogP contribution in [-0.4, -0.2) is 17.6 Å². The second-order valence-corrected chi connectivity index (χ2v) is 5.88. The van der Waals surface area contributed by atoms with E-state index < -0.39 is 11.9 Å². The highest BCUT2D eigenvalue weighted by atomic mass is 16.4. The smallest absolute Gasteiger partial charge is 0.307 e. The van der Waals surface area contributed by atoms with E-state index in [-0.39, 0.29) is 5.92 Å². The predicted octanol–water partition coefficient (Wildman–Crippen LogP) is 4.04. The number of carboxylic acid groups (broad SMARTS) is 1. The standard InChI is InChI=1S/C20H25NO2/c21-15-9-3-8-14-18(20(22)23)19(16-10-4-1-5-11-16)17-12-6-2-7-13-17/h1-2,4-7,10-13,18-19H,3,8-9,14-15,21H2,(H,22,23). The summed E-state index contributed by atoms with van der Waals surface area (Å²) >= 11 is 0. The number of carboxylic acids is 1. The van der Waals surface area contributed by atoms with Gasteiger partial charge in [-0.1, -0.05) is 73.5 Å². The molecular formula is C20H25NO2. The Kier molecular flexibility index (Phi) is 6.82. The van der Waals surface area contributed by atoms with Crippen LogP contribution >= 0.6 is 0 Å². The molecule has 0 fully saturated rings.